The van der Waals surface area contributed by atoms with Crippen LogP contribution in [0.25, 0.3) is 11.1 Å². The van der Waals surface area contributed by atoms with Crippen LogP contribution in [0.15, 0.2) is 42.5 Å². The number of likely N-dealkylation sites (tertiary alicyclic amines) is 1. The van der Waals surface area contributed by atoms with Crippen LogP contribution in [0.2, 0.25) is 0 Å². The summed E-state index contributed by atoms with van der Waals surface area (Å²) in [6, 6.07) is 13.0. The molecule has 33 heavy (non-hydrogen) atoms. The number of carbonyl (C=O) groups is 3. The molecule has 0 saturated carbocycles. The number of rotatable bonds is 4. The van der Waals surface area contributed by atoms with Crippen LogP contribution in [0, 0.1) is 0 Å². The Morgan fingerprint density at radius 3 is 2.58 bits per heavy atom. The molecule has 2 amide bonds. The molecule has 1 unspecified atom stereocenters. The summed E-state index contributed by atoms with van der Waals surface area (Å²) in [7, 11) is 1.28. The number of benzene rings is 2. The lowest BCUT2D eigenvalue weighted by Crippen LogP contribution is -2.46. The van der Waals surface area contributed by atoms with Gasteiger partial charge in [0.15, 0.2) is 5.79 Å². The van der Waals surface area contributed by atoms with Gasteiger partial charge in [-0.25, -0.2) is 4.79 Å². The van der Waals surface area contributed by atoms with Gasteiger partial charge in [-0.05, 0) is 34.4 Å². The number of hydrogen-bond donors (Lipinski definition) is 1. The molecule has 1 N–H and O–H groups in total. The van der Waals surface area contributed by atoms with E-state index in [9.17, 15) is 14.4 Å². The predicted molar refractivity (Wildman–Crippen MR) is 118 cm³/mol. The first-order chi connectivity index (χ1) is 15.9. The fourth-order valence-corrected chi connectivity index (χ4v) is 5.11. The second-order valence-electron chi connectivity index (χ2n) is 8.67. The van der Waals surface area contributed by atoms with Crippen molar-refractivity contribution in [3.8, 4) is 11.1 Å². The number of nitrogens with one attached hydrogen (secondary N) is 1. The van der Waals surface area contributed by atoms with Crippen molar-refractivity contribution >= 4 is 17.8 Å². The SMILES string of the molecule is COC(=O)[C@@H]1CC2(CN1C(=O)CNC(=O)c1ccc3c(c1)-c1ccccc1C3C)OCCO2. The molecular weight excluding hydrogens is 424 g/mol. The number of hydrogen-bond acceptors (Lipinski definition) is 6. The van der Waals surface area contributed by atoms with Crippen molar-refractivity contribution in [1.29, 1.82) is 0 Å². The van der Waals surface area contributed by atoms with E-state index in [1.165, 1.54) is 23.1 Å². The van der Waals surface area contributed by atoms with E-state index in [1.54, 1.807) is 6.07 Å². The monoisotopic (exact) mass is 450 g/mol. The Hall–Kier alpha value is -3.23. The fraction of sp³-hybridized carbons (Fsp3) is 0.400. The molecule has 0 radical (unpaired) electrons. The molecule has 2 aromatic carbocycles. The number of nitrogens with zero attached hydrogens (tertiary/aromatic N) is 1. The van der Waals surface area contributed by atoms with Crippen molar-refractivity contribution in [1.82, 2.24) is 10.2 Å². The summed E-state index contributed by atoms with van der Waals surface area (Å²) in [4.78, 5) is 39.4. The maximum atomic E-state index is 12.9. The van der Waals surface area contributed by atoms with Crippen LogP contribution < -0.4 is 5.32 Å². The van der Waals surface area contributed by atoms with Crippen molar-refractivity contribution in [3.63, 3.8) is 0 Å². The molecule has 8 nitrogen and oxygen atoms in total. The van der Waals surface area contributed by atoms with Gasteiger partial charge in [0.1, 0.15) is 6.04 Å². The van der Waals surface area contributed by atoms with Crippen LogP contribution >= 0.6 is 0 Å². The largest absolute Gasteiger partial charge is 0.467 e. The van der Waals surface area contributed by atoms with Crippen LogP contribution in [0.3, 0.4) is 0 Å². The molecule has 2 heterocycles. The quantitative estimate of drug-likeness (QED) is 0.717. The summed E-state index contributed by atoms with van der Waals surface area (Å²) < 4.78 is 16.2. The van der Waals surface area contributed by atoms with E-state index in [0.717, 1.165) is 11.1 Å². The lowest BCUT2D eigenvalue weighted by Gasteiger charge is -2.23. The van der Waals surface area contributed by atoms with Crippen LogP contribution in [-0.4, -0.2) is 67.9 Å². The van der Waals surface area contributed by atoms with E-state index >= 15 is 0 Å². The molecule has 1 aliphatic carbocycles. The number of esters is 1. The first kappa shape index (κ1) is 21.6. The number of amides is 2. The first-order valence-corrected chi connectivity index (χ1v) is 11.1. The van der Waals surface area contributed by atoms with E-state index in [2.05, 4.69) is 24.4 Å². The smallest absolute Gasteiger partial charge is 0.328 e. The molecule has 2 aromatic rings. The molecular formula is C25H26N2O6. The van der Waals surface area contributed by atoms with Gasteiger partial charge in [-0.1, -0.05) is 37.3 Å². The summed E-state index contributed by atoms with van der Waals surface area (Å²) in [5.74, 6) is -1.98. The maximum Gasteiger partial charge on any atom is 0.328 e. The van der Waals surface area contributed by atoms with Crippen molar-refractivity contribution in [2.75, 3.05) is 33.4 Å². The highest BCUT2D eigenvalue weighted by atomic mass is 16.7. The molecule has 5 rings (SSSR count). The van der Waals surface area contributed by atoms with Crippen LogP contribution in [0.4, 0.5) is 0 Å². The summed E-state index contributed by atoms with van der Waals surface area (Å²) in [5.41, 5.74) is 5.08. The van der Waals surface area contributed by atoms with E-state index in [0.29, 0.717) is 18.8 Å². The zero-order chi connectivity index (χ0) is 23.2. The number of methoxy groups -OCH3 is 1. The minimum atomic E-state index is -0.984. The Balaban J connectivity index is 1.29. The third-order valence-corrected chi connectivity index (χ3v) is 6.80. The highest BCUT2D eigenvalue weighted by Gasteiger charge is 2.52. The normalized spacial score (nSPS) is 22.2. The van der Waals surface area contributed by atoms with Crippen LogP contribution in [-0.2, 0) is 23.8 Å². The zero-order valence-electron chi connectivity index (χ0n) is 18.6. The maximum absolute atomic E-state index is 12.9. The number of ether oxygens (including phenoxy) is 3. The van der Waals surface area contributed by atoms with Crippen molar-refractivity contribution < 1.29 is 28.6 Å². The van der Waals surface area contributed by atoms with Gasteiger partial charge >= 0.3 is 5.97 Å². The van der Waals surface area contributed by atoms with E-state index in [-0.39, 0.29) is 31.3 Å². The minimum absolute atomic E-state index is 0.120. The third-order valence-electron chi connectivity index (χ3n) is 6.80. The standard InChI is InChI=1S/C25H26N2O6/c1-15-17-5-3-4-6-19(17)20-11-16(7-8-18(15)20)23(29)26-13-22(28)27-14-25(32-9-10-33-25)12-21(27)24(30)31-2/h3-8,11,15,21H,9-10,12-14H2,1-2H3,(H,26,29)/t15?,21-/m0/s1. The van der Waals surface area contributed by atoms with Gasteiger partial charge in [-0.15, -0.1) is 0 Å². The topological polar surface area (TPSA) is 94.2 Å². The highest BCUT2D eigenvalue weighted by molar-refractivity contribution is 5.99. The van der Waals surface area contributed by atoms with E-state index in [1.807, 2.05) is 24.3 Å². The van der Waals surface area contributed by atoms with Gasteiger partial charge in [0.05, 0.1) is 33.4 Å². The fourth-order valence-electron chi connectivity index (χ4n) is 5.11. The molecule has 172 valence electrons. The zero-order valence-corrected chi connectivity index (χ0v) is 18.6. The Morgan fingerprint density at radius 1 is 1.09 bits per heavy atom. The van der Waals surface area contributed by atoms with Crippen molar-refractivity contribution in [2.45, 2.75) is 31.1 Å². The van der Waals surface area contributed by atoms with Gasteiger partial charge in [0.25, 0.3) is 5.91 Å². The van der Waals surface area contributed by atoms with Gasteiger partial charge < -0.3 is 24.4 Å². The summed E-state index contributed by atoms with van der Waals surface area (Å²) >= 11 is 0. The minimum Gasteiger partial charge on any atom is -0.467 e. The van der Waals surface area contributed by atoms with E-state index in [4.69, 9.17) is 14.2 Å². The van der Waals surface area contributed by atoms with Crippen molar-refractivity contribution in [2.24, 2.45) is 0 Å². The van der Waals surface area contributed by atoms with Gasteiger partial charge in [0.2, 0.25) is 5.91 Å². The molecule has 0 bridgehead atoms. The third kappa shape index (κ3) is 3.69. The first-order valence-electron chi connectivity index (χ1n) is 11.1. The Labute approximate surface area is 191 Å². The Kier molecular flexibility index (Phi) is 5.42. The lowest BCUT2D eigenvalue weighted by molar-refractivity contribution is -0.152. The summed E-state index contributed by atoms with van der Waals surface area (Å²) in [6.07, 6.45) is 0.210. The molecule has 3 aliphatic rings. The molecule has 1 spiro atoms. The van der Waals surface area contributed by atoms with Crippen LogP contribution in [0.5, 0.6) is 0 Å². The highest BCUT2D eigenvalue weighted by Crippen LogP contribution is 2.44. The summed E-state index contributed by atoms with van der Waals surface area (Å²) in [6.45, 7) is 2.85. The second-order valence-corrected chi connectivity index (χ2v) is 8.67. The van der Waals surface area contributed by atoms with Crippen LogP contribution in [0.1, 0.15) is 40.7 Å². The molecule has 8 heteroatoms. The van der Waals surface area contributed by atoms with Gasteiger partial charge in [-0.3, -0.25) is 9.59 Å². The lowest BCUT2D eigenvalue weighted by atomic mass is 9.98. The average molecular weight is 450 g/mol. The molecule has 2 fully saturated rings. The predicted octanol–water partition coefficient (Wildman–Crippen LogP) is 2.07. The molecule has 2 saturated heterocycles. The molecule has 0 aromatic heterocycles. The molecule has 2 atom stereocenters. The number of fused-ring (bicyclic) bond motifs is 3. The van der Waals surface area contributed by atoms with Crippen molar-refractivity contribution in [3.05, 3.63) is 59.2 Å². The average Bonchev–Trinajstić information content (AvgIpc) is 3.54. The van der Waals surface area contributed by atoms with E-state index < -0.39 is 23.7 Å². The number of carbonyl (C=O) groups excluding carboxylic acids is 3. The summed E-state index contributed by atoms with van der Waals surface area (Å²) in [5, 5.41) is 2.69. The van der Waals surface area contributed by atoms with Gasteiger partial charge in [0, 0.05) is 17.9 Å². The van der Waals surface area contributed by atoms with Gasteiger partial charge in [-0.2, -0.15) is 0 Å². The Morgan fingerprint density at radius 2 is 1.82 bits per heavy atom. The Bertz CT molecular complexity index is 1120. The second kappa shape index (κ2) is 8.28. The molecule has 2 aliphatic heterocycles.